The molecular weight excluding hydrogens is 308 g/mol. The Labute approximate surface area is 130 Å². The zero-order valence-electron chi connectivity index (χ0n) is 11.3. The van der Waals surface area contributed by atoms with Gasteiger partial charge in [-0.1, -0.05) is 11.6 Å². The molecule has 2 aromatic heterocycles. The van der Waals surface area contributed by atoms with Crippen LogP contribution in [0, 0.1) is 0 Å². The number of aryl methyl sites for hydroxylation is 1. The summed E-state index contributed by atoms with van der Waals surface area (Å²) < 4.78 is 2.80. The van der Waals surface area contributed by atoms with E-state index in [0.717, 1.165) is 15.9 Å². The summed E-state index contributed by atoms with van der Waals surface area (Å²) in [5.74, 6) is 0.582. The lowest BCUT2D eigenvalue weighted by Crippen LogP contribution is -2.24. The summed E-state index contributed by atoms with van der Waals surface area (Å²) in [5, 5.41) is 4.25. The molecule has 0 spiro atoms. The Morgan fingerprint density at radius 1 is 1.52 bits per heavy atom. The standard InChI is InChI=1S/C14H13ClN4OS/c1-19-5-4-17-11(19)7-18-14(20)13-12(16)9-6-8(15)2-3-10(9)21-13/h2-6H,7,16H2,1H3,(H,18,20). The van der Waals surface area contributed by atoms with E-state index >= 15 is 0 Å². The minimum atomic E-state index is -0.201. The Morgan fingerprint density at radius 2 is 2.33 bits per heavy atom. The smallest absolute Gasteiger partial charge is 0.263 e. The fourth-order valence-electron chi connectivity index (χ4n) is 2.06. The van der Waals surface area contributed by atoms with Crippen LogP contribution in [-0.4, -0.2) is 15.5 Å². The molecule has 3 aromatic rings. The second kappa shape index (κ2) is 5.38. The summed E-state index contributed by atoms with van der Waals surface area (Å²) >= 11 is 7.32. The van der Waals surface area contributed by atoms with E-state index in [1.165, 1.54) is 11.3 Å². The average molecular weight is 321 g/mol. The van der Waals surface area contributed by atoms with Gasteiger partial charge < -0.3 is 15.6 Å². The van der Waals surface area contributed by atoms with Gasteiger partial charge in [0, 0.05) is 34.6 Å². The van der Waals surface area contributed by atoms with E-state index < -0.39 is 0 Å². The number of nitrogen functional groups attached to an aromatic ring is 1. The van der Waals surface area contributed by atoms with Crippen molar-refractivity contribution in [3.8, 4) is 0 Å². The van der Waals surface area contributed by atoms with Crippen molar-refractivity contribution in [3.63, 3.8) is 0 Å². The average Bonchev–Trinajstić information content (AvgIpc) is 3.01. The minimum Gasteiger partial charge on any atom is -0.397 e. The molecule has 21 heavy (non-hydrogen) atoms. The summed E-state index contributed by atoms with van der Waals surface area (Å²) in [6.07, 6.45) is 3.52. The molecule has 7 heteroatoms. The molecule has 0 aliphatic rings. The zero-order valence-corrected chi connectivity index (χ0v) is 12.8. The van der Waals surface area contributed by atoms with Crippen molar-refractivity contribution >= 4 is 44.6 Å². The summed E-state index contributed by atoms with van der Waals surface area (Å²) in [4.78, 5) is 16.9. The molecule has 0 saturated heterocycles. The van der Waals surface area contributed by atoms with Crippen LogP contribution in [0.1, 0.15) is 15.5 Å². The van der Waals surface area contributed by atoms with Gasteiger partial charge in [-0.25, -0.2) is 4.98 Å². The molecule has 0 bridgehead atoms. The first-order chi connectivity index (χ1) is 10.1. The fourth-order valence-corrected chi connectivity index (χ4v) is 3.26. The fraction of sp³-hybridized carbons (Fsp3) is 0.143. The highest BCUT2D eigenvalue weighted by molar-refractivity contribution is 7.21. The number of nitrogens with zero attached hydrogens (tertiary/aromatic N) is 2. The van der Waals surface area contributed by atoms with Crippen LogP contribution in [0.25, 0.3) is 10.1 Å². The molecule has 1 amide bonds. The first kappa shape index (κ1) is 13.9. The van der Waals surface area contributed by atoms with E-state index in [0.29, 0.717) is 22.1 Å². The number of carbonyl (C=O) groups is 1. The van der Waals surface area contributed by atoms with Crippen molar-refractivity contribution in [1.29, 1.82) is 0 Å². The number of benzene rings is 1. The van der Waals surface area contributed by atoms with Crippen LogP contribution in [0.4, 0.5) is 5.69 Å². The Bertz CT molecular complexity index is 824. The molecule has 0 atom stereocenters. The largest absolute Gasteiger partial charge is 0.397 e. The molecule has 0 unspecified atom stereocenters. The first-order valence-electron chi connectivity index (χ1n) is 6.28. The maximum atomic E-state index is 12.3. The van der Waals surface area contributed by atoms with Gasteiger partial charge in [0.25, 0.3) is 5.91 Å². The van der Waals surface area contributed by atoms with Crippen molar-refractivity contribution in [2.75, 3.05) is 5.73 Å². The van der Waals surface area contributed by atoms with E-state index in [1.54, 1.807) is 18.3 Å². The molecule has 0 aliphatic heterocycles. The van der Waals surface area contributed by atoms with E-state index in [-0.39, 0.29) is 5.91 Å². The number of fused-ring (bicyclic) bond motifs is 1. The van der Waals surface area contributed by atoms with E-state index in [9.17, 15) is 4.79 Å². The van der Waals surface area contributed by atoms with Gasteiger partial charge in [-0.05, 0) is 18.2 Å². The van der Waals surface area contributed by atoms with E-state index in [4.69, 9.17) is 17.3 Å². The van der Waals surface area contributed by atoms with Crippen LogP contribution in [-0.2, 0) is 13.6 Å². The second-order valence-electron chi connectivity index (χ2n) is 4.62. The summed E-state index contributed by atoms with van der Waals surface area (Å²) in [6, 6.07) is 5.43. The molecule has 0 aliphatic carbocycles. The van der Waals surface area contributed by atoms with Crippen LogP contribution in [0.5, 0.6) is 0 Å². The normalized spacial score (nSPS) is 11.0. The van der Waals surface area contributed by atoms with Gasteiger partial charge in [0.05, 0.1) is 12.2 Å². The maximum Gasteiger partial charge on any atom is 0.263 e. The third kappa shape index (κ3) is 2.59. The Hall–Kier alpha value is -2.05. The zero-order chi connectivity index (χ0) is 15.0. The topological polar surface area (TPSA) is 72.9 Å². The number of halogens is 1. The van der Waals surface area contributed by atoms with E-state index in [1.807, 2.05) is 23.9 Å². The number of anilines is 1. The molecule has 0 radical (unpaired) electrons. The van der Waals surface area contributed by atoms with Gasteiger partial charge in [0.1, 0.15) is 10.7 Å². The summed E-state index contributed by atoms with van der Waals surface area (Å²) in [6.45, 7) is 0.358. The highest BCUT2D eigenvalue weighted by atomic mass is 35.5. The predicted molar refractivity (Wildman–Crippen MR) is 85.6 cm³/mol. The van der Waals surface area contributed by atoms with Crippen molar-refractivity contribution < 1.29 is 4.79 Å². The Morgan fingerprint density at radius 3 is 3.05 bits per heavy atom. The third-order valence-electron chi connectivity index (χ3n) is 3.22. The molecule has 1 aromatic carbocycles. The quantitative estimate of drug-likeness (QED) is 0.779. The van der Waals surface area contributed by atoms with Gasteiger partial charge in [0.2, 0.25) is 0 Å². The highest BCUT2D eigenvalue weighted by Crippen LogP contribution is 2.35. The monoisotopic (exact) mass is 320 g/mol. The molecule has 3 rings (SSSR count). The van der Waals surface area contributed by atoms with Crippen LogP contribution in [0.3, 0.4) is 0 Å². The Kier molecular flexibility index (Phi) is 3.57. The highest BCUT2D eigenvalue weighted by Gasteiger charge is 2.16. The molecule has 3 N–H and O–H groups in total. The van der Waals surface area contributed by atoms with Crippen molar-refractivity contribution in [2.24, 2.45) is 7.05 Å². The molecule has 0 fully saturated rings. The van der Waals surface area contributed by atoms with Gasteiger partial charge in [-0.3, -0.25) is 4.79 Å². The van der Waals surface area contributed by atoms with Crippen molar-refractivity contribution in [1.82, 2.24) is 14.9 Å². The van der Waals surface area contributed by atoms with Gasteiger partial charge >= 0.3 is 0 Å². The SMILES string of the molecule is Cn1ccnc1CNC(=O)c1sc2ccc(Cl)cc2c1N. The lowest BCUT2D eigenvalue weighted by Gasteiger charge is -2.04. The molecule has 0 saturated carbocycles. The number of nitrogens with two attached hydrogens (primary N) is 1. The van der Waals surface area contributed by atoms with Gasteiger partial charge in [-0.2, -0.15) is 0 Å². The number of imidazole rings is 1. The number of amides is 1. The number of thiophene rings is 1. The minimum absolute atomic E-state index is 0.201. The number of nitrogens with one attached hydrogen (secondary N) is 1. The van der Waals surface area contributed by atoms with Crippen molar-refractivity contribution in [2.45, 2.75) is 6.54 Å². The van der Waals surface area contributed by atoms with Crippen LogP contribution in [0.15, 0.2) is 30.6 Å². The first-order valence-corrected chi connectivity index (χ1v) is 7.47. The molecule has 2 heterocycles. The third-order valence-corrected chi connectivity index (χ3v) is 4.64. The van der Waals surface area contributed by atoms with Crippen LogP contribution in [0.2, 0.25) is 5.02 Å². The van der Waals surface area contributed by atoms with Crippen molar-refractivity contribution in [3.05, 3.63) is 46.3 Å². The lowest BCUT2D eigenvalue weighted by molar-refractivity contribution is 0.0954. The van der Waals surface area contributed by atoms with Crippen LogP contribution < -0.4 is 11.1 Å². The molecule has 108 valence electrons. The second-order valence-corrected chi connectivity index (χ2v) is 6.11. The van der Waals surface area contributed by atoms with Gasteiger partial charge in [-0.15, -0.1) is 11.3 Å². The molecule has 5 nitrogen and oxygen atoms in total. The number of hydrogen-bond acceptors (Lipinski definition) is 4. The predicted octanol–water partition coefficient (Wildman–Crippen LogP) is 2.80. The summed E-state index contributed by atoms with van der Waals surface area (Å²) in [5.41, 5.74) is 6.53. The van der Waals surface area contributed by atoms with Crippen LogP contribution >= 0.6 is 22.9 Å². The number of aromatic nitrogens is 2. The van der Waals surface area contributed by atoms with E-state index in [2.05, 4.69) is 10.3 Å². The lowest BCUT2D eigenvalue weighted by atomic mass is 10.2. The maximum absolute atomic E-state index is 12.3. The number of hydrogen-bond donors (Lipinski definition) is 2. The number of rotatable bonds is 3. The Balaban J connectivity index is 1.84. The molecular formula is C14H13ClN4OS. The summed E-state index contributed by atoms with van der Waals surface area (Å²) in [7, 11) is 1.88. The number of carbonyl (C=O) groups excluding carboxylic acids is 1. The van der Waals surface area contributed by atoms with Gasteiger partial charge in [0.15, 0.2) is 0 Å².